The fourth-order valence-corrected chi connectivity index (χ4v) is 3.78. The second-order valence-electron chi connectivity index (χ2n) is 5.74. The summed E-state index contributed by atoms with van der Waals surface area (Å²) >= 11 is 0. The second-order valence-corrected chi connectivity index (χ2v) is 7.51. The number of piperidine rings is 1. The van der Waals surface area contributed by atoms with Gasteiger partial charge in [-0.2, -0.15) is 0 Å². The molecule has 1 fully saturated rings. The Morgan fingerprint density at radius 1 is 1.40 bits per heavy atom. The van der Waals surface area contributed by atoms with E-state index in [0.717, 1.165) is 32.5 Å². The molecule has 1 atom stereocenters. The maximum atomic E-state index is 12.2. The summed E-state index contributed by atoms with van der Waals surface area (Å²) in [4.78, 5) is 18.0. The second kappa shape index (κ2) is 11.6. The molecule has 0 spiro atoms. The van der Waals surface area contributed by atoms with E-state index in [9.17, 15) is 13.2 Å². The third kappa shape index (κ3) is 7.45. The Kier molecular flexibility index (Phi) is 11.2. The molecule has 2 heterocycles. The predicted molar refractivity (Wildman–Crippen MR) is 102 cm³/mol. The van der Waals surface area contributed by atoms with Crippen LogP contribution in [0.3, 0.4) is 0 Å². The van der Waals surface area contributed by atoms with Crippen LogP contribution < -0.4 is 10.0 Å². The van der Waals surface area contributed by atoms with E-state index >= 15 is 0 Å². The lowest BCUT2D eigenvalue weighted by molar-refractivity contribution is -0.132. The van der Waals surface area contributed by atoms with E-state index in [1.54, 1.807) is 6.07 Å². The molecular weight excluding hydrogens is 387 g/mol. The van der Waals surface area contributed by atoms with Gasteiger partial charge in [-0.25, -0.2) is 13.1 Å². The summed E-state index contributed by atoms with van der Waals surface area (Å²) in [5, 5.41) is 3.14. The van der Waals surface area contributed by atoms with Crippen molar-refractivity contribution in [2.24, 2.45) is 5.92 Å². The Morgan fingerprint density at radius 2 is 2.16 bits per heavy atom. The fourth-order valence-electron chi connectivity index (χ4n) is 2.79. The highest BCUT2D eigenvalue weighted by Crippen LogP contribution is 2.16. The van der Waals surface area contributed by atoms with Gasteiger partial charge in [-0.3, -0.25) is 9.78 Å². The number of nitrogens with zero attached hydrogens (tertiary/aromatic N) is 2. The molecule has 0 radical (unpaired) electrons. The van der Waals surface area contributed by atoms with Crippen LogP contribution in [0.25, 0.3) is 0 Å². The number of pyridine rings is 1. The zero-order valence-corrected chi connectivity index (χ0v) is 16.6. The monoisotopic (exact) mass is 412 g/mol. The average Bonchev–Trinajstić information content (AvgIpc) is 2.56. The Hall–Kier alpha value is -0.930. The van der Waals surface area contributed by atoms with Crippen LogP contribution in [0.15, 0.2) is 29.4 Å². The molecule has 0 aromatic carbocycles. The van der Waals surface area contributed by atoms with Gasteiger partial charge in [-0.05, 0) is 44.5 Å². The minimum atomic E-state index is -3.60. The topological polar surface area (TPSA) is 91.4 Å². The van der Waals surface area contributed by atoms with Gasteiger partial charge in [0.25, 0.3) is 0 Å². The number of rotatable bonds is 7. The molecule has 1 aromatic rings. The maximum Gasteiger partial charge on any atom is 0.242 e. The van der Waals surface area contributed by atoms with E-state index < -0.39 is 10.0 Å². The van der Waals surface area contributed by atoms with Crippen LogP contribution in [-0.4, -0.2) is 57.4 Å². The fraction of sp³-hybridized carbons (Fsp3) is 0.600. The van der Waals surface area contributed by atoms with Crippen molar-refractivity contribution >= 4 is 40.7 Å². The number of hydrogen-bond acceptors (Lipinski definition) is 5. The lowest BCUT2D eigenvalue weighted by Gasteiger charge is -2.32. The number of nitrogens with one attached hydrogen (secondary N) is 2. The van der Waals surface area contributed by atoms with E-state index in [2.05, 4.69) is 15.0 Å². The van der Waals surface area contributed by atoms with Crippen molar-refractivity contribution in [3.8, 4) is 0 Å². The summed E-state index contributed by atoms with van der Waals surface area (Å²) in [5.41, 5.74) is 0. The number of likely N-dealkylation sites (tertiary alicyclic amines) is 1. The van der Waals surface area contributed by atoms with E-state index in [-0.39, 0.29) is 48.6 Å². The normalized spacial score (nSPS) is 17.3. The Labute approximate surface area is 161 Å². The quantitative estimate of drug-likeness (QED) is 0.698. The molecule has 2 rings (SSSR count). The van der Waals surface area contributed by atoms with Crippen molar-refractivity contribution in [1.29, 1.82) is 0 Å². The van der Waals surface area contributed by atoms with Crippen molar-refractivity contribution < 1.29 is 13.2 Å². The van der Waals surface area contributed by atoms with Gasteiger partial charge in [0.05, 0.1) is 0 Å². The molecule has 1 amide bonds. The van der Waals surface area contributed by atoms with Crippen LogP contribution in [0.5, 0.6) is 0 Å². The lowest BCUT2D eigenvalue weighted by atomic mass is 9.98. The Bertz CT molecular complexity index is 614. The zero-order chi connectivity index (χ0) is 16.7. The third-order valence-electron chi connectivity index (χ3n) is 3.94. The van der Waals surface area contributed by atoms with Crippen molar-refractivity contribution in [1.82, 2.24) is 19.9 Å². The van der Waals surface area contributed by atoms with Crippen molar-refractivity contribution in [2.45, 2.75) is 24.2 Å². The summed E-state index contributed by atoms with van der Waals surface area (Å²) in [6.45, 7) is 2.50. The lowest BCUT2D eigenvalue weighted by Crippen LogP contribution is -2.43. The van der Waals surface area contributed by atoms with Gasteiger partial charge in [0, 0.05) is 38.4 Å². The molecule has 1 saturated heterocycles. The first-order valence-electron chi connectivity index (χ1n) is 7.85. The molecule has 0 saturated carbocycles. The van der Waals surface area contributed by atoms with Crippen LogP contribution in [0.2, 0.25) is 0 Å². The van der Waals surface area contributed by atoms with Crippen LogP contribution >= 0.6 is 24.8 Å². The minimum absolute atomic E-state index is 0. The first kappa shape index (κ1) is 24.1. The predicted octanol–water partition coefficient (Wildman–Crippen LogP) is 1.05. The first-order valence-corrected chi connectivity index (χ1v) is 9.33. The summed E-state index contributed by atoms with van der Waals surface area (Å²) in [6, 6.07) is 3.04. The number of sulfonamides is 1. The molecule has 1 aromatic heterocycles. The SMILES string of the molecule is CNCC1CCCN(C(=O)CCNS(=O)(=O)c2cccnc2)C1.Cl.Cl. The number of carbonyl (C=O) groups is 1. The molecule has 2 N–H and O–H groups in total. The van der Waals surface area contributed by atoms with Crippen molar-refractivity contribution in [3.05, 3.63) is 24.5 Å². The van der Waals surface area contributed by atoms with Gasteiger partial charge in [-0.1, -0.05) is 0 Å². The molecule has 25 heavy (non-hydrogen) atoms. The van der Waals surface area contributed by atoms with Crippen LogP contribution in [0.4, 0.5) is 0 Å². The van der Waals surface area contributed by atoms with Gasteiger partial charge in [0.15, 0.2) is 0 Å². The average molecular weight is 413 g/mol. The summed E-state index contributed by atoms with van der Waals surface area (Å²) < 4.78 is 26.5. The molecule has 7 nitrogen and oxygen atoms in total. The molecule has 10 heteroatoms. The summed E-state index contributed by atoms with van der Waals surface area (Å²) in [6.07, 6.45) is 5.10. The maximum absolute atomic E-state index is 12.2. The highest BCUT2D eigenvalue weighted by molar-refractivity contribution is 7.89. The summed E-state index contributed by atoms with van der Waals surface area (Å²) in [7, 11) is -1.69. The van der Waals surface area contributed by atoms with Crippen LogP contribution in [-0.2, 0) is 14.8 Å². The standard InChI is InChI=1S/C15H24N4O3S.2ClH/c1-16-10-13-4-3-9-19(12-13)15(20)6-8-18-23(21,22)14-5-2-7-17-11-14;;/h2,5,7,11,13,16,18H,3-4,6,8-10,12H2,1H3;2*1H. The van der Waals surface area contributed by atoms with Crippen LogP contribution in [0.1, 0.15) is 19.3 Å². The van der Waals surface area contributed by atoms with Gasteiger partial charge >= 0.3 is 0 Å². The molecule has 0 bridgehead atoms. The molecule has 144 valence electrons. The van der Waals surface area contributed by atoms with Crippen LogP contribution in [0, 0.1) is 5.92 Å². The van der Waals surface area contributed by atoms with Gasteiger partial charge in [0.1, 0.15) is 4.90 Å². The van der Waals surface area contributed by atoms with Crippen molar-refractivity contribution in [3.63, 3.8) is 0 Å². The molecular formula is C15H26Cl2N4O3S. The molecule has 1 aliphatic heterocycles. The van der Waals surface area contributed by atoms with E-state index in [0.29, 0.717) is 5.92 Å². The van der Waals surface area contributed by atoms with Crippen molar-refractivity contribution in [2.75, 3.05) is 33.2 Å². The number of hydrogen-bond donors (Lipinski definition) is 2. The highest BCUT2D eigenvalue weighted by Gasteiger charge is 2.23. The first-order chi connectivity index (χ1) is 11.0. The molecule has 1 unspecified atom stereocenters. The van der Waals surface area contributed by atoms with Gasteiger partial charge < -0.3 is 10.2 Å². The smallest absolute Gasteiger partial charge is 0.242 e. The third-order valence-corrected chi connectivity index (χ3v) is 5.39. The Balaban J connectivity index is 0.00000288. The molecule has 0 aliphatic carbocycles. The minimum Gasteiger partial charge on any atom is -0.342 e. The molecule has 1 aliphatic rings. The van der Waals surface area contributed by atoms with Gasteiger partial charge in [0.2, 0.25) is 15.9 Å². The highest BCUT2D eigenvalue weighted by atomic mass is 35.5. The number of carbonyl (C=O) groups excluding carboxylic acids is 1. The van der Waals surface area contributed by atoms with E-state index in [4.69, 9.17) is 0 Å². The largest absolute Gasteiger partial charge is 0.342 e. The van der Waals surface area contributed by atoms with Gasteiger partial charge in [-0.15, -0.1) is 24.8 Å². The summed E-state index contributed by atoms with van der Waals surface area (Å²) in [5.74, 6) is 0.476. The number of halogens is 2. The zero-order valence-electron chi connectivity index (χ0n) is 14.2. The van der Waals surface area contributed by atoms with E-state index in [1.807, 2.05) is 11.9 Å². The number of amides is 1. The number of aromatic nitrogens is 1. The Morgan fingerprint density at radius 3 is 2.80 bits per heavy atom. The van der Waals surface area contributed by atoms with E-state index in [1.165, 1.54) is 18.5 Å².